The minimum atomic E-state index is -0.244. The van der Waals surface area contributed by atoms with Gasteiger partial charge in [0.2, 0.25) is 0 Å². The van der Waals surface area contributed by atoms with Gasteiger partial charge in [0.05, 0.1) is 22.1 Å². The van der Waals surface area contributed by atoms with E-state index in [4.69, 9.17) is 0 Å². The van der Waals surface area contributed by atoms with Crippen molar-refractivity contribution in [3.63, 3.8) is 0 Å². The molecule has 10 aromatic rings. The number of hydrogen-bond donors (Lipinski definition) is 0. The number of nitrogens with zero attached hydrogens (tertiary/aromatic N) is 8. The van der Waals surface area contributed by atoms with Crippen molar-refractivity contribution in [1.29, 1.82) is 0 Å². The molecule has 0 amide bonds. The zero-order chi connectivity index (χ0) is 48.3. The lowest BCUT2D eigenvalue weighted by Crippen LogP contribution is -2.19. The molecule has 0 spiro atoms. The van der Waals surface area contributed by atoms with Crippen molar-refractivity contribution >= 4 is 87.2 Å². The molecule has 10 rings (SSSR count). The fourth-order valence-electron chi connectivity index (χ4n) is 10.7. The first-order valence-corrected chi connectivity index (χ1v) is 23.8. The van der Waals surface area contributed by atoms with Crippen molar-refractivity contribution in [2.45, 2.75) is 52.9 Å². The SMILES string of the molecule is Cc1c2c(cc3c4cc(F)ccc4n(CCCN(C)C)c13)c1cc(F)ccc1n2CCCN(C)C.Cc1c2c(cc3c4cc(F)ccc4n(CCN(C)C)c13)c1cc(F)ccc1n2CCN(C)C. The molecule has 0 saturated heterocycles. The van der Waals surface area contributed by atoms with E-state index in [-0.39, 0.29) is 23.3 Å². The van der Waals surface area contributed by atoms with Crippen molar-refractivity contribution in [1.82, 2.24) is 37.9 Å². The molecule has 0 bridgehead atoms. The second kappa shape index (κ2) is 18.9. The third-order valence-corrected chi connectivity index (χ3v) is 13.8. The van der Waals surface area contributed by atoms with Gasteiger partial charge in [0.1, 0.15) is 23.3 Å². The fraction of sp³-hybridized carbons (Fsp3) is 0.357. The predicted molar refractivity (Wildman–Crippen MR) is 278 cm³/mol. The predicted octanol–water partition coefficient (Wildman–Crippen LogP) is 12.0. The van der Waals surface area contributed by atoms with Crippen LogP contribution in [-0.2, 0) is 26.2 Å². The van der Waals surface area contributed by atoms with E-state index >= 15 is 0 Å². The highest BCUT2D eigenvalue weighted by Crippen LogP contribution is 2.42. The molecule has 0 aliphatic heterocycles. The lowest BCUT2D eigenvalue weighted by atomic mass is 10.0. The van der Waals surface area contributed by atoms with Gasteiger partial charge in [0.15, 0.2) is 0 Å². The molecule has 6 aromatic carbocycles. The molecule has 0 N–H and O–H groups in total. The lowest BCUT2D eigenvalue weighted by Gasteiger charge is -2.16. The number of aromatic nitrogens is 4. The molecular weight excluding hydrogens is 861 g/mol. The summed E-state index contributed by atoms with van der Waals surface area (Å²) in [4.78, 5) is 8.70. The Labute approximate surface area is 396 Å². The Morgan fingerprint density at radius 3 is 0.824 bits per heavy atom. The second-order valence-corrected chi connectivity index (χ2v) is 19.8. The first-order chi connectivity index (χ1) is 32.5. The highest BCUT2D eigenvalue weighted by Gasteiger charge is 2.23. The molecule has 8 nitrogen and oxygen atoms in total. The van der Waals surface area contributed by atoms with E-state index in [2.05, 4.69) is 120 Å². The Hall–Kier alpha value is -5.92. The van der Waals surface area contributed by atoms with Crippen LogP contribution in [-0.4, -0.2) is 120 Å². The molecule has 0 unspecified atom stereocenters. The summed E-state index contributed by atoms with van der Waals surface area (Å²) in [6.45, 7) is 11.3. The van der Waals surface area contributed by atoms with Gasteiger partial charge in [-0.15, -0.1) is 0 Å². The molecule has 68 heavy (non-hydrogen) atoms. The number of aryl methyl sites for hydroxylation is 4. The highest BCUT2D eigenvalue weighted by atomic mass is 19.1. The molecule has 0 aliphatic rings. The first kappa shape index (κ1) is 47.2. The zero-order valence-corrected chi connectivity index (χ0v) is 41.2. The fourth-order valence-corrected chi connectivity index (χ4v) is 10.7. The standard InChI is InChI=1S/C29H34F2N4.C27H30F2N4/c1-19-28-24(22-16-20(30)8-10-26(22)34(28)14-6-12-32(2)3)18-25-23-17-21(31)9-11-27(23)35(29(19)25)15-7-13-33(4)5;1-17-26-22(20-14-18(28)6-8-24(20)32(26)12-10-30(2)3)16-23-21-15-19(29)7-9-25(21)33(27(17)23)13-11-31(4)5/h8-11,16-18H,6-7,12-15H2,1-5H3;6-9,14-16H,10-13H2,1-5H3. The number of benzene rings is 6. The van der Waals surface area contributed by atoms with Crippen molar-refractivity contribution in [3.8, 4) is 0 Å². The van der Waals surface area contributed by atoms with Crippen molar-refractivity contribution in [2.75, 3.05) is 82.6 Å². The van der Waals surface area contributed by atoms with Crippen molar-refractivity contribution in [3.05, 3.63) is 119 Å². The molecule has 4 aromatic heterocycles. The molecule has 4 heterocycles. The van der Waals surface area contributed by atoms with Crippen LogP contribution in [0.1, 0.15) is 24.0 Å². The van der Waals surface area contributed by atoms with E-state index in [0.29, 0.717) is 0 Å². The quantitative estimate of drug-likeness (QED) is 0.102. The average Bonchev–Trinajstić information content (AvgIpc) is 3.97. The second-order valence-electron chi connectivity index (χ2n) is 19.8. The summed E-state index contributed by atoms with van der Waals surface area (Å²) in [7, 11) is 16.6. The number of rotatable bonds is 14. The molecule has 12 heteroatoms. The summed E-state index contributed by atoms with van der Waals surface area (Å²) in [5.41, 5.74) is 11.0. The summed E-state index contributed by atoms with van der Waals surface area (Å²) in [6, 6.07) is 24.5. The van der Waals surface area contributed by atoms with Crippen molar-refractivity contribution < 1.29 is 17.6 Å². The minimum absolute atomic E-state index is 0.236. The Morgan fingerprint density at radius 2 is 0.574 bits per heavy atom. The van der Waals surface area contributed by atoms with Crippen LogP contribution in [0.5, 0.6) is 0 Å². The van der Waals surface area contributed by atoms with E-state index in [0.717, 1.165) is 158 Å². The summed E-state index contributed by atoms with van der Waals surface area (Å²) in [5, 5.41) is 7.74. The Kier molecular flexibility index (Phi) is 13.1. The number of likely N-dealkylation sites (N-methyl/N-ethyl adjacent to an activating group) is 2. The normalized spacial score (nSPS) is 12.5. The van der Waals surface area contributed by atoms with Crippen molar-refractivity contribution in [2.24, 2.45) is 0 Å². The number of fused-ring (bicyclic) bond motifs is 12. The maximum Gasteiger partial charge on any atom is 0.123 e. The third kappa shape index (κ3) is 8.61. The topological polar surface area (TPSA) is 32.7 Å². The summed E-state index contributed by atoms with van der Waals surface area (Å²) >= 11 is 0. The molecule has 0 saturated carbocycles. The van der Waals surface area contributed by atoms with Crippen LogP contribution in [0.2, 0.25) is 0 Å². The molecule has 356 valence electrons. The number of halogens is 4. The van der Waals surface area contributed by atoms with Crippen LogP contribution < -0.4 is 0 Å². The summed E-state index contributed by atoms with van der Waals surface area (Å²) < 4.78 is 66.7. The monoisotopic (exact) mass is 925 g/mol. The highest BCUT2D eigenvalue weighted by molar-refractivity contribution is 6.21. The van der Waals surface area contributed by atoms with E-state index in [1.54, 1.807) is 36.4 Å². The van der Waals surface area contributed by atoms with Gasteiger partial charge in [-0.3, -0.25) is 0 Å². The van der Waals surface area contributed by atoms with E-state index in [1.807, 2.05) is 24.3 Å². The average molecular weight is 925 g/mol. The lowest BCUT2D eigenvalue weighted by molar-refractivity contribution is 0.388. The van der Waals surface area contributed by atoms with Crippen LogP contribution in [0.15, 0.2) is 84.9 Å². The molecular formula is C56H64F4N8. The smallest absolute Gasteiger partial charge is 0.123 e. The Bertz CT molecular complexity index is 3290. The van der Waals surface area contributed by atoms with Crippen LogP contribution in [0.4, 0.5) is 17.6 Å². The van der Waals surface area contributed by atoms with E-state index in [1.165, 1.54) is 17.7 Å². The Balaban J connectivity index is 0.000000170. The van der Waals surface area contributed by atoms with Crippen LogP contribution in [0, 0.1) is 37.1 Å². The van der Waals surface area contributed by atoms with E-state index in [9.17, 15) is 17.6 Å². The van der Waals surface area contributed by atoms with Gasteiger partial charge in [-0.05, 0) is 192 Å². The maximum absolute atomic E-state index is 14.4. The number of hydrogen-bond acceptors (Lipinski definition) is 4. The van der Waals surface area contributed by atoms with Crippen LogP contribution >= 0.6 is 0 Å². The molecule has 0 fully saturated rings. The first-order valence-electron chi connectivity index (χ1n) is 23.8. The van der Waals surface area contributed by atoms with Gasteiger partial charge in [0.25, 0.3) is 0 Å². The zero-order valence-electron chi connectivity index (χ0n) is 41.2. The minimum Gasteiger partial charge on any atom is -0.340 e. The van der Waals surface area contributed by atoms with Crippen LogP contribution in [0.3, 0.4) is 0 Å². The van der Waals surface area contributed by atoms with Gasteiger partial charge in [-0.2, -0.15) is 0 Å². The van der Waals surface area contributed by atoms with Gasteiger partial charge in [-0.1, -0.05) is 0 Å². The van der Waals surface area contributed by atoms with Gasteiger partial charge in [-0.25, -0.2) is 17.6 Å². The molecule has 0 atom stereocenters. The summed E-state index contributed by atoms with van der Waals surface area (Å²) in [5.74, 6) is -0.961. The van der Waals surface area contributed by atoms with E-state index < -0.39 is 0 Å². The van der Waals surface area contributed by atoms with Crippen LogP contribution in [0.25, 0.3) is 87.2 Å². The third-order valence-electron chi connectivity index (χ3n) is 13.8. The molecule has 0 radical (unpaired) electrons. The van der Waals surface area contributed by atoms with Gasteiger partial charge < -0.3 is 37.9 Å². The molecule has 0 aliphatic carbocycles. The Morgan fingerprint density at radius 1 is 0.324 bits per heavy atom. The largest absolute Gasteiger partial charge is 0.340 e. The van der Waals surface area contributed by atoms with Gasteiger partial charge in [0, 0.05) is 104 Å². The maximum atomic E-state index is 14.4. The van der Waals surface area contributed by atoms with Gasteiger partial charge >= 0.3 is 0 Å². The summed E-state index contributed by atoms with van der Waals surface area (Å²) in [6.07, 6.45) is 2.00.